The predicted molar refractivity (Wildman–Crippen MR) is 79.9 cm³/mol. The molecule has 18 heavy (non-hydrogen) atoms. The fraction of sp³-hybridized carbons (Fsp3) is 1.00. The van der Waals surface area contributed by atoms with Crippen LogP contribution < -0.4 is 5.32 Å². The largest absolute Gasteiger partial charge is 0.357 e. The van der Waals surface area contributed by atoms with Gasteiger partial charge in [0, 0.05) is 19.3 Å². The molecule has 0 aromatic heterocycles. The highest BCUT2D eigenvalue weighted by molar-refractivity contribution is 6.36. The molecule has 108 valence electrons. The molecule has 0 spiro atoms. The molecule has 1 rings (SSSR count). The molecule has 0 unspecified atom stereocenters. The predicted octanol–water partition coefficient (Wildman–Crippen LogP) is 2.24. The van der Waals surface area contributed by atoms with E-state index in [1.54, 1.807) is 0 Å². The molecule has 0 bridgehead atoms. The monoisotopic (exact) mass is 273 g/mol. The summed E-state index contributed by atoms with van der Waals surface area (Å²) >= 11 is 0. The fourth-order valence-corrected chi connectivity index (χ4v) is 4.31. The topological polar surface area (TPSA) is 30.5 Å². The Bertz CT molecular complexity index is 181. The van der Waals surface area contributed by atoms with Crippen molar-refractivity contribution in [3.8, 4) is 0 Å². The Morgan fingerprint density at radius 3 is 2.39 bits per heavy atom. The van der Waals surface area contributed by atoms with Crippen LogP contribution in [-0.4, -0.2) is 41.2 Å². The summed E-state index contributed by atoms with van der Waals surface area (Å²) < 4.78 is 11.2. The maximum atomic E-state index is 5.60. The highest BCUT2D eigenvalue weighted by atomic mass is 28.2. The Balaban J connectivity index is 1.95. The third-order valence-corrected chi connectivity index (χ3v) is 5.46. The Kier molecular flexibility index (Phi) is 9.84. The Hall–Kier alpha value is 0.0969. The number of hydrogen-bond acceptors (Lipinski definition) is 3. The van der Waals surface area contributed by atoms with E-state index in [2.05, 4.69) is 5.32 Å². The van der Waals surface area contributed by atoms with E-state index < -0.39 is 0 Å². The summed E-state index contributed by atoms with van der Waals surface area (Å²) in [4.78, 5) is 0. The average molecular weight is 273 g/mol. The van der Waals surface area contributed by atoms with Crippen LogP contribution in [0.3, 0.4) is 0 Å². The third kappa shape index (κ3) is 7.51. The lowest BCUT2D eigenvalue weighted by Gasteiger charge is -2.23. The van der Waals surface area contributed by atoms with Gasteiger partial charge in [0.05, 0.1) is 9.52 Å². The van der Waals surface area contributed by atoms with Crippen molar-refractivity contribution in [2.45, 2.75) is 70.4 Å². The van der Waals surface area contributed by atoms with E-state index in [4.69, 9.17) is 9.47 Å². The van der Waals surface area contributed by atoms with Crippen molar-refractivity contribution >= 4 is 9.52 Å². The minimum absolute atomic E-state index is 0.148. The van der Waals surface area contributed by atoms with Crippen molar-refractivity contribution in [2.75, 3.05) is 19.8 Å². The molecule has 0 heterocycles. The fourth-order valence-electron chi connectivity index (χ4n) is 2.64. The number of rotatable bonds is 10. The molecule has 0 atom stereocenters. The molecule has 0 saturated heterocycles. The summed E-state index contributed by atoms with van der Waals surface area (Å²) in [5.74, 6) is 0.148. The number of hydrogen-bond donors (Lipinski definition) is 1. The summed E-state index contributed by atoms with van der Waals surface area (Å²) in [7, 11) is -0.230. The second-order valence-electron chi connectivity index (χ2n) is 5.13. The Morgan fingerprint density at radius 2 is 1.78 bits per heavy atom. The highest BCUT2D eigenvalue weighted by Gasteiger charge is 2.12. The van der Waals surface area contributed by atoms with E-state index in [-0.39, 0.29) is 15.4 Å². The van der Waals surface area contributed by atoms with Crippen molar-refractivity contribution < 1.29 is 9.47 Å². The normalized spacial score (nSPS) is 18.2. The lowest BCUT2D eigenvalue weighted by molar-refractivity contribution is -0.0827. The molecule has 1 aliphatic carbocycles. The molecule has 0 radical (unpaired) electrons. The van der Waals surface area contributed by atoms with E-state index in [0.717, 1.165) is 19.3 Å². The lowest BCUT2D eigenvalue weighted by Crippen LogP contribution is -2.32. The second kappa shape index (κ2) is 11.0. The van der Waals surface area contributed by atoms with Crippen LogP contribution in [0.15, 0.2) is 0 Å². The summed E-state index contributed by atoms with van der Waals surface area (Å²) in [6, 6.07) is 2.12. The first-order valence-electron chi connectivity index (χ1n) is 7.83. The quantitative estimate of drug-likeness (QED) is 0.376. The molecular weight excluding hydrogens is 242 g/mol. The number of nitrogens with one attached hydrogen (secondary N) is 1. The second-order valence-corrected chi connectivity index (χ2v) is 7.08. The molecule has 0 amide bonds. The van der Waals surface area contributed by atoms with E-state index in [1.807, 2.05) is 13.8 Å². The van der Waals surface area contributed by atoms with E-state index >= 15 is 0 Å². The van der Waals surface area contributed by atoms with Crippen molar-refractivity contribution in [2.24, 2.45) is 0 Å². The van der Waals surface area contributed by atoms with Gasteiger partial charge < -0.3 is 14.8 Å². The summed E-state index contributed by atoms with van der Waals surface area (Å²) in [5.41, 5.74) is 0. The van der Waals surface area contributed by atoms with Gasteiger partial charge in [-0.15, -0.1) is 0 Å². The van der Waals surface area contributed by atoms with Gasteiger partial charge in [0.25, 0.3) is 0 Å². The van der Waals surface area contributed by atoms with Crippen LogP contribution in [0.4, 0.5) is 0 Å². The van der Waals surface area contributed by atoms with Gasteiger partial charge in [-0.05, 0) is 39.7 Å². The molecule has 4 heteroatoms. The first kappa shape index (κ1) is 16.2. The van der Waals surface area contributed by atoms with Gasteiger partial charge in [0.2, 0.25) is 0 Å². The minimum Gasteiger partial charge on any atom is -0.357 e. The molecule has 0 aromatic carbocycles. The van der Waals surface area contributed by atoms with Gasteiger partial charge >= 0.3 is 0 Å². The SMILES string of the molecule is CCOC(OCC)[SiH2]CCCNC1CCCCC1. The molecule has 1 aliphatic rings. The van der Waals surface area contributed by atoms with Crippen LogP contribution in [0.1, 0.15) is 52.4 Å². The van der Waals surface area contributed by atoms with Crippen molar-refractivity contribution in [1.29, 1.82) is 0 Å². The van der Waals surface area contributed by atoms with Gasteiger partial charge in [-0.3, -0.25) is 0 Å². The van der Waals surface area contributed by atoms with Gasteiger partial charge in [-0.25, -0.2) is 0 Å². The highest BCUT2D eigenvalue weighted by Crippen LogP contribution is 2.17. The summed E-state index contributed by atoms with van der Waals surface area (Å²) in [5, 5.41) is 3.70. The lowest BCUT2D eigenvalue weighted by atomic mass is 9.95. The molecule has 3 nitrogen and oxygen atoms in total. The maximum absolute atomic E-state index is 5.60. The van der Waals surface area contributed by atoms with Gasteiger partial charge in [-0.2, -0.15) is 0 Å². The average Bonchev–Trinajstić information content (AvgIpc) is 2.40. The van der Waals surface area contributed by atoms with Crippen molar-refractivity contribution in [3.63, 3.8) is 0 Å². The van der Waals surface area contributed by atoms with Crippen LogP contribution in [0.5, 0.6) is 0 Å². The van der Waals surface area contributed by atoms with E-state index in [1.165, 1.54) is 51.1 Å². The van der Waals surface area contributed by atoms with Crippen molar-refractivity contribution in [3.05, 3.63) is 0 Å². The molecular formula is C14H31NO2Si. The zero-order chi connectivity index (χ0) is 13.1. The molecule has 0 aliphatic heterocycles. The zero-order valence-electron chi connectivity index (χ0n) is 12.2. The maximum Gasteiger partial charge on any atom is 0.134 e. The Labute approximate surface area is 115 Å². The summed E-state index contributed by atoms with van der Waals surface area (Å²) in [6.07, 6.45) is 8.34. The molecule has 1 fully saturated rings. The third-order valence-electron chi connectivity index (χ3n) is 3.61. The smallest absolute Gasteiger partial charge is 0.134 e. The standard InChI is InChI=1S/C14H31NO2Si/c1-3-16-14(17-4-2)18-12-8-11-15-13-9-6-5-7-10-13/h13-15H,3-12,18H2,1-2H3. The number of ether oxygens (including phenoxy) is 2. The van der Waals surface area contributed by atoms with E-state index in [9.17, 15) is 0 Å². The Morgan fingerprint density at radius 1 is 1.11 bits per heavy atom. The van der Waals surface area contributed by atoms with Crippen LogP contribution in [0.25, 0.3) is 0 Å². The summed E-state index contributed by atoms with van der Waals surface area (Å²) in [6.45, 7) is 6.83. The molecule has 0 aromatic rings. The van der Waals surface area contributed by atoms with E-state index in [0.29, 0.717) is 0 Å². The van der Waals surface area contributed by atoms with Crippen LogP contribution >= 0.6 is 0 Å². The van der Waals surface area contributed by atoms with Gasteiger partial charge in [-0.1, -0.05) is 25.3 Å². The van der Waals surface area contributed by atoms with Crippen molar-refractivity contribution in [1.82, 2.24) is 5.32 Å². The van der Waals surface area contributed by atoms with Crippen LogP contribution in [0, 0.1) is 0 Å². The molecule has 1 N–H and O–H groups in total. The minimum atomic E-state index is -0.230. The molecule has 1 saturated carbocycles. The van der Waals surface area contributed by atoms with Crippen LogP contribution in [-0.2, 0) is 9.47 Å². The first-order valence-corrected chi connectivity index (χ1v) is 9.65. The van der Waals surface area contributed by atoms with Crippen LogP contribution in [0.2, 0.25) is 6.04 Å². The zero-order valence-corrected chi connectivity index (χ0v) is 13.7. The first-order chi connectivity index (χ1) is 8.86. The van der Waals surface area contributed by atoms with Gasteiger partial charge in [0.1, 0.15) is 5.91 Å². The van der Waals surface area contributed by atoms with Gasteiger partial charge in [0.15, 0.2) is 0 Å².